The van der Waals surface area contributed by atoms with Crippen molar-refractivity contribution in [1.29, 1.82) is 0 Å². The summed E-state index contributed by atoms with van der Waals surface area (Å²) in [5, 5.41) is -3.03. The van der Waals surface area contributed by atoms with Gasteiger partial charge in [-0.25, -0.2) is 4.39 Å². The van der Waals surface area contributed by atoms with Crippen LogP contribution < -0.4 is 0 Å². The quantitative estimate of drug-likeness (QED) is 0.570. The van der Waals surface area contributed by atoms with Crippen molar-refractivity contribution in [2.75, 3.05) is 0 Å². The van der Waals surface area contributed by atoms with Crippen molar-refractivity contribution < 1.29 is 13.2 Å². The van der Waals surface area contributed by atoms with E-state index in [1.54, 1.807) is 0 Å². The molecule has 0 aromatic rings. The molecule has 6 heteroatoms. The summed E-state index contributed by atoms with van der Waals surface area (Å²) in [5.41, 5.74) is 0. The van der Waals surface area contributed by atoms with Gasteiger partial charge in [0.25, 0.3) is 5.13 Å². The second-order valence-corrected chi connectivity index (χ2v) is 6.04. The number of hydrogen-bond donors (Lipinski definition) is 0. The molecular weight excluding hydrogens is 348 g/mol. The first-order valence-electron chi connectivity index (χ1n) is 4.29. The monoisotopic (exact) mass is 358 g/mol. The summed E-state index contributed by atoms with van der Waals surface area (Å²) in [6.07, 6.45) is 2.01. The fourth-order valence-electron chi connectivity index (χ4n) is 0.922. The van der Waals surface area contributed by atoms with Crippen LogP contribution in [0.4, 0.5) is 13.2 Å². The highest BCUT2D eigenvalue weighted by atomic mass is 79.9. The first kappa shape index (κ1) is 15.0. The Morgan fingerprint density at radius 3 is 2.21 bits per heavy atom. The summed E-state index contributed by atoms with van der Waals surface area (Å²) in [7, 11) is 0. The van der Waals surface area contributed by atoms with Crippen LogP contribution in [0.3, 0.4) is 0 Å². The van der Waals surface area contributed by atoms with Gasteiger partial charge in [0.05, 0.1) is 0 Å². The zero-order valence-electron chi connectivity index (χ0n) is 7.67. The number of rotatable bonds is 6. The summed E-state index contributed by atoms with van der Waals surface area (Å²) >= 11 is 10.2. The van der Waals surface area contributed by atoms with E-state index in [4.69, 9.17) is 11.6 Å². The van der Waals surface area contributed by atoms with Crippen LogP contribution in [0, 0.1) is 0 Å². The van der Waals surface area contributed by atoms with Crippen LogP contribution in [0.1, 0.15) is 32.6 Å². The third-order valence-electron chi connectivity index (χ3n) is 1.76. The largest absolute Gasteiger partial charge is 0.348 e. The zero-order valence-corrected chi connectivity index (χ0v) is 11.6. The van der Waals surface area contributed by atoms with Gasteiger partial charge in [-0.1, -0.05) is 47.3 Å². The Morgan fingerprint density at radius 2 is 1.86 bits per heavy atom. The van der Waals surface area contributed by atoms with E-state index in [1.807, 2.05) is 22.9 Å². The molecule has 0 aromatic carbocycles. The Hall–Kier alpha value is 1.04. The van der Waals surface area contributed by atoms with Crippen LogP contribution in [-0.2, 0) is 0 Å². The fraction of sp³-hybridized carbons (Fsp3) is 1.00. The molecule has 0 N–H and O–H groups in total. The Bertz CT molecular complexity index is 170. The van der Waals surface area contributed by atoms with Gasteiger partial charge < -0.3 is 0 Å². The zero-order chi connectivity index (χ0) is 11.4. The van der Waals surface area contributed by atoms with E-state index in [9.17, 15) is 13.2 Å². The lowest BCUT2D eigenvalue weighted by molar-refractivity contribution is -0.00958. The van der Waals surface area contributed by atoms with Gasteiger partial charge >= 0.3 is 4.83 Å². The second kappa shape index (κ2) is 5.94. The minimum absolute atomic E-state index is 0.326. The average molecular weight is 360 g/mol. The molecule has 0 radical (unpaired) electrons. The van der Waals surface area contributed by atoms with Gasteiger partial charge in [-0.05, 0) is 22.4 Å². The molecule has 2 atom stereocenters. The Kier molecular flexibility index (Phi) is 6.39. The van der Waals surface area contributed by atoms with Crippen LogP contribution >= 0.6 is 43.5 Å². The van der Waals surface area contributed by atoms with Crippen LogP contribution in [0.5, 0.6) is 0 Å². The van der Waals surface area contributed by atoms with Gasteiger partial charge in [-0.15, -0.1) is 0 Å². The van der Waals surface area contributed by atoms with Gasteiger partial charge in [-0.3, -0.25) is 0 Å². The maximum atomic E-state index is 13.2. The van der Waals surface area contributed by atoms with Crippen molar-refractivity contribution >= 4 is 43.5 Å². The first-order valence-corrected chi connectivity index (χ1v) is 6.38. The summed E-state index contributed by atoms with van der Waals surface area (Å²) in [6, 6.07) is 0. The van der Waals surface area contributed by atoms with E-state index < -0.39 is 16.4 Å². The Labute approximate surface area is 104 Å². The van der Waals surface area contributed by atoms with Gasteiger partial charge in [-0.2, -0.15) is 8.78 Å². The molecule has 0 aliphatic heterocycles. The van der Waals surface area contributed by atoms with Crippen molar-refractivity contribution in [2.24, 2.45) is 0 Å². The van der Waals surface area contributed by atoms with Gasteiger partial charge in [0, 0.05) is 11.2 Å². The van der Waals surface area contributed by atoms with Gasteiger partial charge in [0.15, 0.2) is 0 Å². The SMILES string of the molecule is CCCC[C@H](Br)C[C@](F)(Cl)C(F)(F)Br. The number of halogens is 6. The topological polar surface area (TPSA) is 0 Å². The molecule has 14 heavy (non-hydrogen) atoms. The summed E-state index contributed by atoms with van der Waals surface area (Å²) < 4.78 is 38.4. The molecule has 86 valence electrons. The van der Waals surface area contributed by atoms with E-state index >= 15 is 0 Å². The van der Waals surface area contributed by atoms with Crippen molar-refractivity contribution in [3.8, 4) is 0 Å². The molecule has 0 aliphatic carbocycles. The molecule has 0 heterocycles. The lowest BCUT2D eigenvalue weighted by Gasteiger charge is -2.25. The maximum absolute atomic E-state index is 13.2. The minimum atomic E-state index is -3.69. The number of alkyl halides is 6. The molecule has 0 bridgehead atoms. The molecular formula is C8H12Br2ClF3. The molecule has 0 rings (SSSR count). The molecule has 0 aromatic heterocycles. The second-order valence-electron chi connectivity index (χ2n) is 3.15. The van der Waals surface area contributed by atoms with Crippen LogP contribution in [-0.4, -0.2) is 14.8 Å². The molecule has 0 aliphatic rings. The highest BCUT2D eigenvalue weighted by Gasteiger charge is 2.52. The standard InChI is InChI=1S/C8H12Br2ClF3/c1-2-3-4-6(9)5-7(11,12)8(10,13)14/h6H,2-5H2,1H3/t6-,7+/m0/s1. The average Bonchev–Trinajstić information content (AvgIpc) is 1.97. The molecule has 0 amide bonds. The van der Waals surface area contributed by atoms with Crippen molar-refractivity contribution in [2.45, 2.75) is 47.4 Å². The maximum Gasteiger partial charge on any atom is 0.348 e. The number of hydrogen-bond acceptors (Lipinski definition) is 0. The molecule has 0 fully saturated rings. The van der Waals surface area contributed by atoms with Crippen LogP contribution in [0.15, 0.2) is 0 Å². The molecule has 0 saturated heterocycles. The fourth-order valence-corrected chi connectivity index (χ4v) is 2.23. The minimum Gasteiger partial charge on any atom is -0.218 e. The first-order chi connectivity index (χ1) is 6.20. The van der Waals surface area contributed by atoms with E-state index in [1.165, 1.54) is 0 Å². The molecule has 0 unspecified atom stereocenters. The predicted molar refractivity (Wildman–Crippen MR) is 60.4 cm³/mol. The normalized spacial score (nSPS) is 19.1. The smallest absolute Gasteiger partial charge is 0.218 e. The Morgan fingerprint density at radius 1 is 1.36 bits per heavy atom. The van der Waals surface area contributed by atoms with Gasteiger partial charge in [0.2, 0.25) is 0 Å². The van der Waals surface area contributed by atoms with E-state index in [-0.39, 0.29) is 4.83 Å². The number of unbranched alkanes of at least 4 members (excludes halogenated alkanes) is 1. The van der Waals surface area contributed by atoms with Crippen LogP contribution in [0.25, 0.3) is 0 Å². The van der Waals surface area contributed by atoms with Gasteiger partial charge in [0.1, 0.15) is 0 Å². The predicted octanol–water partition coefficient (Wildman–Crippen LogP) is 5.22. The Balaban J connectivity index is 4.08. The summed E-state index contributed by atoms with van der Waals surface area (Å²) in [6.45, 7) is 1.97. The third kappa shape index (κ3) is 5.21. The molecule has 0 spiro atoms. The van der Waals surface area contributed by atoms with Crippen molar-refractivity contribution in [3.05, 3.63) is 0 Å². The molecule has 0 nitrogen and oxygen atoms in total. The van der Waals surface area contributed by atoms with Crippen molar-refractivity contribution in [3.63, 3.8) is 0 Å². The lowest BCUT2D eigenvalue weighted by Crippen LogP contribution is -2.36. The van der Waals surface area contributed by atoms with E-state index in [2.05, 4.69) is 15.9 Å². The highest BCUT2D eigenvalue weighted by molar-refractivity contribution is 9.10. The van der Waals surface area contributed by atoms with Crippen LogP contribution in [0.2, 0.25) is 0 Å². The molecule has 0 saturated carbocycles. The lowest BCUT2D eigenvalue weighted by atomic mass is 10.1. The van der Waals surface area contributed by atoms with E-state index in [0.29, 0.717) is 6.42 Å². The third-order valence-corrected chi connectivity index (χ3v) is 3.79. The summed E-state index contributed by atoms with van der Waals surface area (Å²) in [4.78, 5) is -4.02. The van der Waals surface area contributed by atoms with E-state index in [0.717, 1.165) is 12.8 Å². The highest BCUT2D eigenvalue weighted by Crippen LogP contribution is 2.45. The van der Waals surface area contributed by atoms with Crippen molar-refractivity contribution in [1.82, 2.24) is 0 Å². The summed E-state index contributed by atoms with van der Waals surface area (Å²) in [5.74, 6) is 0.